The summed E-state index contributed by atoms with van der Waals surface area (Å²) in [6.07, 6.45) is 0. The zero-order valence-electron chi connectivity index (χ0n) is 9.77. The monoisotopic (exact) mass is 260 g/mol. The number of fused-ring (bicyclic) bond motifs is 1. The highest BCUT2D eigenvalue weighted by atomic mass is 32.1. The van der Waals surface area contributed by atoms with Gasteiger partial charge < -0.3 is 15.4 Å². The van der Waals surface area contributed by atoms with E-state index in [9.17, 15) is 4.79 Å². The van der Waals surface area contributed by atoms with Crippen molar-refractivity contribution in [1.29, 1.82) is 0 Å². The molecule has 0 bridgehead atoms. The van der Waals surface area contributed by atoms with Crippen molar-refractivity contribution in [1.82, 2.24) is 0 Å². The molecule has 0 saturated carbocycles. The number of carbonyl (C=O) groups is 1. The first-order valence-electron chi connectivity index (χ1n) is 5.57. The lowest BCUT2D eigenvalue weighted by Crippen LogP contribution is -2.31. The minimum Gasteiger partial charge on any atom is -0.497 e. The van der Waals surface area contributed by atoms with Crippen molar-refractivity contribution in [2.75, 3.05) is 17.7 Å². The predicted octanol–water partition coefficient (Wildman–Crippen LogP) is 2.86. The molecule has 2 aromatic rings. The summed E-state index contributed by atoms with van der Waals surface area (Å²) in [6.45, 7) is 0. The van der Waals surface area contributed by atoms with E-state index in [1.807, 2.05) is 35.7 Å². The second kappa shape index (κ2) is 4.34. The number of methoxy groups -OCH3 is 1. The van der Waals surface area contributed by atoms with Crippen LogP contribution in [0.25, 0.3) is 0 Å². The van der Waals surface area contributed by atoms with Crippen LogP contribution in [0.5, 0.6) is 5.75 Å². The zero-order chi connectivity index (χ0) is 12.5. The van der Waals surface area contributed by atoms with Gasteiger partial charge in [-0.05, 0) is 23.6 Å². The quantitative estimate of drug-likeness (QED) is 0.873. The molecule has 1 aliphatic rings. The molecule has 0 fully saturated rings. The maximum atomic E-state index is 12.0. The number of rotatable bonds is 2. The van der Waals surface area contributed by atoms with E-state index in [-0.39, 0.29) is 11.9 Å². The smallest absolute Gasteiger partial charge is 0.252 e. The van der Waals surface area contributed by atoms with E-state index in [0.29, 0.717) is 0 Å². The highest BCUT2D eigenvalue weighted by molar-refractivity contribution is 7.10. The van der Waals surface area contributed by atoms with Crippen LogP contribution >= 0.6 is 11.3 Å². The minimum absolute atomic E-state index is 0.0323. The fraction of sp³-hybridized carbons (Fsp3) is 0.154. The van der Waals surface area contributed by atoms with Crippen LogP contribution in [0.15, 0.2) is 35.7 Å². The van der Waals surface area contributed by atoms with Gasteiger partial charge in [0.15, 0.2) is 0 Å². The van der Waals surface area contributed by atoms with Crippen molar-refractivity contribution < 1.29 is 9.53 Å². The Labute approximate surface area is 109 Å². The van der Waals surface area contributed by atoms with Crippen LogP contribution in [0.1, 0.15) is 10.9 Å². The Balaban J connectivity index is 1.97. The molecule has 1 aliphatic heterocycles. The lowest BCUT2D eigenvalue weighted by Gasteiger charge is -2.26. The van der Waals surface area contributed by atoms with Crippen LogP contribution in [-0.4, -0.2) is 13.0 Å². The molecule has 1 atom stereocenters. The number of benzene rings is 1. The number of anilines is 2. The average molecular weight is 260 g/mol. The number of thiophene rings is 1. The van der Waals surface area contributed by atoms with Crippen molar-refractivity contribution in [3.8, 4) is 5.75 Å². The Kier molecular flexibility index (Phi) is 2.68. The summed E-state index contributed by atoms with van der Waals surface area (Å²) in [5, 5.41) is 8.11. The predicted molar refractivity (Wildman–Crippen MR) is 72.3 cm³/mol. The van der Waals surface area contributed by atoms with E-state index in [4.69, 9.17) is 4.74 Å². The molecule has 5 heteroatoms. The Morgan fingerprint density at radius 1 is 1.28 bits per heavy atom. The average Bonchev–Trinajstić information content (AvgIpc) is 2.91. The molecule has 3 rings (SSSR count). The minimum atomic E-state index is -0.329. The summed E-state index contributed by atoms with van der Waals surface area (Å²) in [4.78, 5) is 13.0. The number of ether oxygens (including phenoxy) is 1. The Hall–Kier alpha value is -2.01. The normalized spacial score (nSPS) is 17.6. The fourth-order valence-electron chi connectivity index (χ4n) is 1.96. The number of amides is 1. The van der Waals surface area contributed by atoms with Crippen molar-refractivity contribution >= 4 is 28.6 Å². The lowest BCUT2D eigenvalue weighted by molar-refractivity contribution is -0.117. The maximum absolute atomic E-state index is 12.0. The van der Waals surface area contributed by atoms with Gasteiger partial charge in [0.25, 0.3) is 5.91 Å². The molecule has 2 N–H and O–H groups in total. The van der Waals surface area contributed by atoms with E-state index in [1.54, 1.807) is 18.4 Å². The lowest BCUT2D eigenvalue weighted by atomic mass is 10.1. The zero-order valence-corrected chi connectivity index (χ0v) is 10.6. The summed E-state index contributed by atoms with van der Waals surface area (Å²) >= 11 is 1.56. The van der Waals surface area contributed by atoms with Gasteiger partial charge in [0.2, 0.25) is 0 Å². The van der Waals surface area contributed by atoms with Crippen LogP contribution in [0.2, 0.25) is 0 Å². The van der Waals surface area contributed by atoms with Crippen LogP contribution < -0.4 is 15.4 Å². The first-order chi connectivity index (χ1) is 8.78. The summed E-state index contributed by atoms with van der Waals surface area (Å²) in [5.74, 6) is 0.734. The molecule has 18 heavy (non-hydrogen) atoms. The Morgan fingerprint density at radius 3 is 2.89 bits per heavy atom. The molecule has 1 aromatic carbocycles. The van der Waals surface area contributed by atoms with Gasteiger partial charge in [-0.25, -0.2) is 0 Å². The first kappa shape index (κ1) is 11.1. The van der Waals surface area contributed by atoms with Crippen LogP contribution in [0, 0.1) is 0 Å². The van der Waals surface area contributed by atoms with Gasteiger partial charge in [0.1, 0.15) is 11.8 Å². The highest BCUT2D eigenvalue weighted by Crippen LogP contribution is 2.35. The largest absolute Gasteiger partial charge is 0.497 e. The second-order valence-electron chi connectivity index (χ2n) is 3.99. The topological polar surface area (TPSA) is 50.4 Å². The van der Waals surface area contributed by atoms with Gasteiger partial charge in [0.05, 0.1) is 18.5 Å². The Bertz CT molecular complexity index is 581. The molecule has 0 spiro atoms. The number of nitrogens with one attached hydrogen (secondary N) is 2. The molecule has 92 valence electrons. The third-order valence-electron chi connectivity index (χ3n) is 2.87. The van der Waals surface area contributed by atoms with Crippen LogP contribution in [-0.2, 0) is 4.79 Å². The van der Waals surface area contributed by atoms with Gasteiger partial charge >= 0.3 is 0 Å². The first-order valence-corrected chi connectivity index (χ1v) is 6.45. The van der Waals surface area contributed by atoms with Crippen molar-refractivity contribution in [3.05, 3.63) is 40.6 Å². The summed E-state index contributed by atoms with van der Waals surface area (Å²) < 4.78 is 5.18. The van der Waals surface area contributed by atoms with Gasteiger partial charge in [-0.3, -0.25) is 4.79 Å². The third kappa shape index (κ3) is 1.82. The van der Waals surface area contributed by atoms with Gasteiger partial charge in [-0.1, -0.05) is 6.07 Å². The van der Waals surface area contributed by atoms with E-state index in [2.05, 4.69) is 10.6 Å². The Morgan fingerprint density at radius 2 is 2.17 bits per heavy atom. The van der Waals surface area contributed by atoms with E-state index >= 15 is 0 Å². The molecule has 2 heterocycles. The van der Waals surface area contributed by atoms with Crippen molar-refractivity contribution in [2.45, 2.75) is 6.04 Å². The summed E-state index contributed by atoms with van der Waals surface area (Å²) in [5.41, 5.74) is 1.67. The van der Waals surface area contributed by atoms with Crippen molar-refractivity contribution in [2.24, 2.45) is 0 Å². The van der Waals surface area contributed by atoms with Gasteiger partial charge in [-0.15, -0.1) is 11.3 Å². The molecular formula is C13H12N2O2S. The standard InChI is InChI=1S/C13H12N2O2S/c1-17-8-4-5-9-10(7-8)14-12(13(16)15-9)11-3-2-6-18-11/h2-7,12,14H,1H3,(H,15,16). The third-order valence-corrected chi connectivity index (χ3v) is 3.81. The SMILES string of the molecule is COc1ccc2c(c1)NC(c1cccs1)C(=O)N2. The molecule has 4 nitrogen and oxygen atoms in total. The van der Waals surface area contributed by atoms with E-state index < -0.39 is 0 Å². The van der Waals surface area contributed by atoms with Crippen molar-refractivity contribution in [3.63, 3.8) is 0 Å². The molecular weight excluding hydrogens is 248 g/mol. The number of carbonyl (C=O) groups excluding carboxylic acids is 1. The molecule has 1 amide bonds. The molecule has 0 radical (unpaired) electrons. The molecule has 1 unspecified atom stereocenters. The van der Waals surface area contributed by atoms with Gasteiger partial charge in [0, 0.05) is 10.9 Å². The molecule has 0 aliphatic carbocycles. The number of hydrogen-bond donors (Lipinski definition) is 2. The fourth-order valence-corrected chi connectivity index (χ4v) is 2.73. The molecule has 1 aromatic heterocycles. The second-order valence-corrected chi connectivity index (χ2v) is 4.97. The molecule has 0 saturated heterocycles. The summed E-state index contributed by atoms with van der Waals surface area (Å²) in [6, 6.07) is 9.11. The van der Waals surface area contributed by atoms with Gasteiger partial charge in [-0.2, -0.15) is 0 Å². The maximum Gasteiger partial charge on any atom is 0.252 e. The van der Waals surface area contributed by atoms with E-state index in [1.165, 1.54) is 0 Å². The summed E-state index contributed by atoms with van der Waals surface area (Å²) in [7, 11) is 1.62. The van der Waals surface area contributed by atoms with Crippen LogP contribution in [0.3, 0.4) is 0 Å². The number of hydrogen-bond acceptors (Lipinski definition) is 4. The highest BCUT2D eigenvalue weighted by Gasteiger charge is 2.27. The van der Waals surface area contributed by atoms with Crippen LogP contribution in [0.4, 0.5) is 11.4 Å². The van der Waals surface area contributed by atoms with E-state index in [0.717, 1.165) is 22.0 Å².